The number of ketones is 1. The molecule has 0 aliphatic carbocycles. The maximum Gasteiger partial charge on any atom is 0.290 e. The Labute approximate surface area is 72.2 Å². The molecule has 0 heterocycles. The van der Waals surface area contributed by atoms with Crippen LogP contribution in [0.4, 0.5) is 8.78 Å². The van der Waals surface area contributed by atoms with Crippen LogP contribution in [0, 0.1) is 11.6 Å². The number of benzene rings is 1. The van der Waals surface area contributed by atoms with Crippen molar-refractivity contribution in [2.24, 2.45) is 5.73 Å². The second-order valence-corrected chi connectivity index (χ2v) is 2.29. The smallest absolute Gasteiger partial charge is 0.290 e. The normalized spacial score (nSPS) is 9.69. The summed E-state index contributed by atoms with van der Waals surface area (Å²) in [6, 6.07) is 2.83. The first-order chi connectivity index (χ1) is 6.04. The molecule has 13 heavy (non-hydrogen) atoms. The van der Waals surface area contributed by atoms with Gasteiger partial charge in [-0.05, 0) is 12.1 Å². The molecular formula is C8H5F2NO2. The SMILES string of the molecule is NC(=O)C(=O)c1c(F)cccc1F. The molecule has 0 aliphatic rings. The van der Waals surface area contributed by atoms with Crippen LogP contribution < -0.4 is 5.73 Å². The molecule has 68 valence electrons. The van der Waals surface area contributed by atoms with Gasteiger partial charge in [-0.2, -0.15) is 0 Å². The third kappa shape index (κ3) is 1.69. The van der Waals surface area contributed by atoms with Gasteiger partial charge in [0.2, 0.25) is 0 Å². The van der Waals surface area contributed by atoms with E-state index in [0.717, 1.165) is 18.2 Å². The van der Waals surface area contributed by atoms with Gasteiger partial charge in [-0.15, -0.1) is 0 Å². The zero-order chi connectivity index (χ0) is 10.0. The number of halogens is 2. The number of Topliss-reactive ketones (excluding diaryl/α,β-unsaturated/α-hetero) is 1. The molecule has 0 fully saturated rings. The van der Waals surface area contributed by atoms with Gasteiger partial charge in [0.1, 0.15) is 11.6 Å². The van der Waals surface area contributed by atoms with E-state index in [1.54, 1.807) is 0 Å². The first-order valence-corrected chi connectivity index (χ1v) is 3.32. The molecule has 0 spiro atoms. The molecule has 0 unspecified atom stereocenters. The van der Waals surface area contributed by atoms with Gasteiger partial charge in [-0.25, -0.2) is 8.78 Å². The minimum absolute atomic E-state index is 0.874. The number of amides is 1. The lowest BCUT2D eigenvalue weighted by atomic mass is 10.1. The third-order valence-electron chi connectivity index (χ3n) is 1.41. The van der Waals surface area contributed by atoms with E-state index >= 15 is 0 Å². The number of rotatable bonds is 2. The van der Waals surface area contributed by atoms with Crippen molar-refractivity contribution in [1.29, 1.82) is 0 Å². The van der Waals surface area contributed by atoms with E-state index in [2.05, 4.69) is 5.73 Å². The Bertz CT molecular complexity index is 356. The Kier molecular flexibility index (Phi) is 2.36. The Morgan fingerprint density at radius 3 is 2.00 bits per heavy atom. The predicted octanol–water partition coefficient (Wildman–Crippen LogP) is 0.633. The molecule has 0 aromatic heterocycles. The maximum atomic E-state index is 12.8. The molecule has 0 saturated heterocycles. The lowest BCUT2D eigenvalue weighted by Crippen LogP contribution is -2.25. The zero-order valence-corrected chi connectivity index (χ0v) is 6.38. The summed E-state index contributed by atoms with van der Waals surface area (Å²) in [5, 5.41) is 0. The molecule has 1 aromatic rings. The Hall–Kier alpha value is -1.78. The van der Waals surface area contributed by atoms with Crippen LogP contribution in [-0.4, -0.2) is 11.7 Å². The number of primary amides is 1. The topological polar surface area (TPSA) is 60.2 Å². The first kappa shape index (κ1) is 9.31. The number of carbonyl (C=O) groups is 2. The third-order valence-corrected chi connectivity index (χ3v) is 1.41. The van der Waals surface area contributed by atoms with Crippen molar-refractivity contribution < 1.29 is 18.4 Å². The van der Waals surface area contributed by atoms with Crippen LogP contribution in [0.1, 0.15) is 10.4 Å². The molecule has 1 amide bonds. The van der Waals surface area contributed by atoms with E-state index < -0.39 is 28.9 Å². The molecule has 5 heteroatoms. The maximum absolute atomic E-state index is 12.8. The first-order valence-electron chi connectivity index (χ1n) is 3.32. The van der Waals surface area contributed by atoms with Crippen LogP contribution in [0.25, 0.3) is 0 Å². The van der Waals surface area contributed by atoms with E-state index in [0.29, 0.717) is 0 Å². The van der Waals surface area contributed by atoms with Gasteiger partial charge < -0.3 is 5.73 Å². The van der Waals surface area contributed by atoms with E-state index in [9.17, 15) is 18.4 Å². The minimum Gasteiger partial charge on any atom is -0.363 e. The molecule has 0 aliphatic heterocycles. The lowest BCUT2D eigenvalue weighted by Gasteiger charge is -1.99. The monoisotopic (exact) mass is 185 g/mol. The van der Waals surface area contributed by atoms with Crippen LogP contribution in [0.3, 0.4) is 0 Å². The summed E-state index contributed by atoms with van der Waals surface area (Å²) in [6.07, 6.45) is 0. The van der Waals surface area contributed by atoms with Crippen molar-refractivity contribution in [1.82, 2.24) is 0 Å². The number of hydrogen-bond acceptors (Lipinski definition) is 2. The van der Waals surface area contributed by atoms with Gasteiger partial charge >= 0.3 is 0 Å². The second kappa shape index (κ2) is 3.30. The van der Waals surface area contributed by atoms with E-state index in [-0.39, 0.29) is 0 Å². The number of nitrogens with two attached hydrogens (primary N) is 1. The molecule has 3 nitrogen and oxygen atoms in total. The van der Waals surface area contributed by atoms with Crippen LogP contribution >= 0.6 is 0 Å². The summed E-state index contributed by atoms with van der Waals surface area (Å²) in [7, 11) is 0. The Balaban J connectivity index is 3.28. The Morgan fingerprint density at radius 2 is 1.62 bits per heavy atom. The van der Waals surface area contributed by atoms with Gasteiger partial charge in [0.15, 0.2) is 0 Å². The summed E-state index contributed by atoms with van der Waals surface area (Å²) in [4.78, 5) is 21.2. The van der Waals surface area contributed by atoms with Crippen LogP contribution in [0.5, 0.6) is 0 Å². The molecule has 0 bridgehead atoms. The molecule has 2 N–H and O–H groups in total. The fourth-order valence-corrected chi connectivity index (χ4v) is 0.838. The predicted molar refractivity (Wildman–Crippen MR) is 39.9 cm³/mol. The van der Waals surface area contributed by atoms with Gasteiger partial charge in [0.25, 0.3) is 11.7 Å². The average molecular weight is 185 g/mol. The van der Waals surface area contributed by atoms with Gasteiger partial charge in [-0.3, -0.25) is 9.59 Å². The molecule has 0 atom stereocenters. The summed E-state index contributed by atoms with van der Waals surface area (Å²) >= 11 is 0. The lowest BCUT2D eigenvalue weighted by molar-refractivity contribution is -0.114. The standard InChI is InChI=1S/C8H5F2NO2/c9-4-2-1-3-5(10)6(4)7(12)8(11)13/h1-3H,(H2,11,13). The summed E-state index contributed by atoms with van der Waals surface area (Å²) in [5.41, 5.74) is 3.68. The van der Waals surface area contributed by atoms with Crippen molar-refractivity contribution in [2.75, 3.05) is 0 Å². The zero-order valence-electron chi connectivity index (χ0n) is 6.38. The van der Waals surface area contributed by atoms with Crippen LogP contribution in [0.2, 0.25) is 0 Å². The van der Waals surface area contributed by atoms with Gasteiger partial charge in [-0.1, -0.05) is 6.07 Å². The largest absolute Gasteiger partial charge is 0.363 e. The number of carbonyl (C=O) groups excluding carboxylic acids is 2. The average Bonchev–Trinajstić information content (AvgIpc) is 2.03. The van der Waals surface area contributed by atoms with Crippen molar-refractivity contribution in [3.63, 3.8) is 0 Å². The Morgan fingerprint density at radius 1 is 1.15 bits per heavy atom. The summed E-state index contributed by atoms with van der Waals surface area (Å²) in [5.74, 6) is -4.94. The number of hydrogen-bond donors (Lipinski definition) is 1. The van der Waals surface area contributed by atoms with Crippen molar-refractivity contribution in [3.05, 3.63) is 35.4 Å². The van der Waals surface area contributed by atoms with Crippen LogP contribution in [-0.2, 0) is 4.79 Å². The van der Waals surface area contributed by atoms with E-state index in [1.165, 1.54) is 0 Å². The van der Waals surface area contributed by atoms with Gasteiger partial charge in [0.05, 0.1) is 5.56 Å². The summed E-state index contributed by atoms with van der Waals surface area (Å²) in [6.45, 7) is 0. The van der Waals surface area contributed by atoms with Crippen LogP contribution in [0.15, 0.2) is 18.2 Å². The highest BCUT2D eigenvalue weighted by Gasteiger charge is 2.20. The minimum atomic E-state index is -1.39. The fourth-order valence-electron chi connectivity index (χ4n) is 0.838. The van der Waals surface area contributed by atoms with E-state index in [1.807, 2.05) is 0 Å². The van der Waals surface area contributed by atoms with Crippen molar-refractivity contribution >= 4 is 11.7 Å². The molecular weight excluding hydrogens is 180 g/mol. The molecule has 1 rings (SSSR count). The quantitative estimate of drug-likeness (QED) is 0.542. The second-order valence-electron chi connectivity index (χ2n) is 2.29. The molecule has 0 radical (unpaired) electrons. The van der Waals surface area contributed by atoms with Crippen molar-refractivity contribution in [2.45, 2.75) is 0 Å². The molecule has 1 aromatic carbocycles. The molecule has 0 saturated carbocycles. The van der Waals surface area contributed by atoms with Gasteiger partial charge in [0, 0.05) is 0 Å². The van der Waals surface area contributed by atoms with Crippen molar-refractivity contribution in [3.8, 4) is 0 Å². The highest BCUT2D eigenvalue weighted by Crippen LogP contribution is 2.12. The highest BCUT2D eigenvalue weighted by molar-refractivity contribution is 6.42. The fraction of sp³-hybridized carbons (Fsp3) is 0. The van der Waals surface area contributed by atoms with E-state index in [4.69, 9.17) is 0 Å². The highest BCUT2D eigenvalue weighted by atomic mass is 19.1. The summed E-state index contributed by atoms with van der Waals surface area (Å²) < 4.78 is 25.6.